The quantitative estimate of drug-likeness (QED) is 0.121. The maximum atomic E-state index is 12.6. The normalized spacial score (nSPS) is 43.2. The van der Waals surface area contributed by atoms with Crippen LogP contribution in [-0.4, -0.2) is 71.3 Å². The number of aliphatic hydroxyl groups is 3. The predicted molar refractivity (Wildman–Crippen MR) is 243 cm³/mol. The van der Waals surface area contributed by atoms with Gasteiger partial charge >= 0.3 is 5.97 Å². The highest BCUT2D eigenvalue weighted by molar-refractivity contribution is 5.84. The van der Waals surface area contributed by atoms with Gasteiger partial charge in [-0.05, 0) is 184 Å². The highest BCUT2D eigenvalue weighted by Gasteiger charge is 2.66. The monoisotopic (exact) mass is 865 g/mol. The van der Waals surface area contributed by atoms with E-state index in [0.717, 1.165) is 88.4 Å². The van der Waals surface area contributed by atoms with Crippen LogP contribution in [0.4, 0.5) is 0 Å². The van der Waals surface area contributed by atoms with Crippen molar-refractivity contribution in [2.45, 2.75) is 174 Å². The van der Waals surface area contributed by atoms with E-state index in [4.69, 9.17) is 14.2 Å². The summed E-state index contributed by atoms with van der Waals surface area (Å²) in [5, 5.41) is 36.1. The number of esters is 1. The predicted octanol–water partition coefficient (Wildman–Crippen LogP) is 9.60. The van der Waals surface area contributed by atoms with Crippen LogP contribution in [0.25, 0.3) is 0 Å². The maximum absolute atomic E-state index is 12.6. The molecule has 0 heterocycles. The van der Waals surface area contributed by atoms with Crippen molar-refractivity contribution in [2.75, 3.05) is 20.3 Å². The Morgan fingerprint density at radius 3 is 2.56 bits per heavy atom. The van der Waals surface area contributed by atoms with Crippen molar-refractivity contribution in [3.8, 4) is 17.6 Å². The van der Waals surface area contributed by atoms with E-state index in [1.807, 2.05) is 6.92 Å². The molecule has 3 N–H and O–H groups in total. The molecule has 0 amide bonds. The van der Waals surface area contributed by atoms with Crippen LogP contribution >= 0.6 is 0 Å². The Kier molecular flexibility index (Phi) is 12.2. The zero-order valence-corrected chi connectivity index (χ0v) is 39.3. The van der Waals surface area contributed by atoms with E-state index in [0.29, 0.717) is 74.3 Å². The van der Waals surface area contributed by atoms with Crippen LogP contribution in [0.2, 0.25) is 0 Å². The van der Waals surface area contributed by atoms with Crippen molar-refractivity contribution in [1.29, 1.82) is 0 Å². The second kappa shape index (κ2) is 17.0. The number of hydrogen-bond donors (Lipinski definition) is 3. The number of carbonyl (C=O) groups excluding carboxylic acids is 2. The molecule has 344 valence electrons. The van der Waals surface area contributed by atoms with Gasteiger partial charge in [0.15, 0.2) is 0 Å². The summed E-state index contributed by atoms with van der Waals surface area (Å²) in [7, 11) is 1.45. The summed E-state index contributed by atoms with van der Waals surface area (Å²) in [6, 6.07) is 6.66. The smallest absolute Gasteiger partial charge is 0.305 e. The molecule has 0 spiro atoms. The fourth-order valence-electron chi connectivity index (χ4n) is 16.6. The van der Waals surface area contributed by atoms with Gasteiger partial charge in [0.1, 0.15) is 23.7 Å². The average Bonchev–Trinajstić information content (AvgIpc) is 3.75. The Hall–Kier alpha value is -2.96. The molecule has 0 aromatic heterocycles. The Bertz CT molecular complexity index is 2080. The molecule has 0 radical (unpaired) electrons. The molecule has 1 aromatic rings. The summed E-state index contributed by atoms with van der Waals surface area (Å²) >= 11 is 0. The van der Waals surface area contributed by atoms with Crippen LogP contribution in [0.1, 0.15) is 154 Å². The summed E-state index contributed by atoms with van der Waals surface area (Å²) in [6.45, 7) is 14.2. The molecule has 8 heteroatoms. The highest BCUT2D eigenvalue weighted by Crippen LogP contribution is 2.69. The Labute approximate surface area is 377 Å². The van der Waals surface area contributed by atoms with E-state index >= 15 is 0 Å². The third-order valence-corrected chi connectivity index (χ3v) is 20.0. The van der Waals surface area contributed by atoms with E-state index in [-0.39, 0.29) is 58.1 Å². The second-order valence-electron chi connectivity index (χ2n) is 22.6. The number of ether oxygens (including phenoxy) is 3. The number of hydrogen-bond acceptors (Lipinski definition) is 8. The van der Waals surface area contributed by atoms with Crippen LogP contribution in [0.15, 0.2) is 41.0 Å². The third-order valence-electron chi connectivity index (χ3n) is 20.0. The van der Waals surface area contributed by atoms with Gasteiger partial charge in [0, 0.05) is 30.6 Å². The number of Topliss-reactive ketones (excluding diaryl/α,β-unsaturated/α-hetero) is 1. The fourth-order valence-corrected chi connectivity index (χ4v) is 16.6. The minimum atomic E-state index is -1.00. The van der Waals surface area contributed by atoms with E-state index in [9.17, 15) is 24.9 Å². The minimum Gasteiger partial charge on any atom is -0.491 e. The number of rotatable bonds is 10. The lowest BCUT2D eigenvalue weighted by atomic mass is 9.43. The lowest BCUT2D eigenvalue weighted by Gasteiger charge is -2.63. The molecule has 1 aromatic carbocycles. The van der Waals surface area contributed by atoms with Gasteiger partial charge in [-0.3, -0.25) is 9.59 Å². The molecule has 16 atom stereocenters. The molecule has 3 unspecified atom stereocenters. The first-order valence-corrected chi connectivity index (χ1v) is 24.9. The molecule has 8 aliphatic rings. The molecular formula is C55H76O8. The molecule has 8 nitrogen and oxygen atoms in total. The Morgan fingerprint density at radius 2 is 1.79 bits per heavy atom. The molecule has 7 saturated carbocycles. The van der Waals surface area contributed by atoms with E-state index in [2.05, 4.69) is 70.7 Å². The topological polar surface area (TPSA) is 123 Å². The van der Waals surface area contributed by atoms with Gasteiger partial charge in [-0.15, -0.1) is 5.92 Å². The third kappa shape index (κ3) is 7.41. The van der Waals surface area contributed by atoms with Crippen molar-refractivity contribution in [1.82, 2.24) is 0 Å². The average molecular weight is 865 g/mol. The molecule has 63 heavy (non-hydrogen) atoms. The van der Waals surface area contributed by atoms with Crippen LogP contribution < -0.4 is 4.74 Å². The summed E-state index contributed by atoms with van der Waals surface area (Å²) < 4.78 is 17.9. The Morgan fingerprint density at radius 1 is 0.984 bits per heavy atom. The first-order chi connectivity index (χ1) is 30.1. The van der Waals surface area contributed by atoms with Crippen molar-refractivity contribution >= 4 is 11.8 Å². The number of fused-ring (bicyclic) bond motifs is 9. The number of benzene rings is 1. The van der Waals surface area contributed by atoms with Gasteiger partial charge in [0.2, 0.25) is 0 Å². The van der Waals surface area contributed by atoms with Gasteiger partial charge in [-0.2, -0.15) is 0 Å². The highest BCUT2D eigenvalue weighted by atomic mass is 16.5. The summed E-state index contributed by atoms with van der Waals surface area (Å²) in [5.41, 5.74) is 5.01. The fraction of sp³-hybridized carbons (Fsp3) is 0.745. The molecule has 0 aliphatic heterocycles. The number of aryl methyl sites for hydroxylation is 1. The zero-order chi connectivity index (χ0) is 44.6. The first kappa shape index (κ1) is 45.2. The van der Waals surface area contributed by atoms with Gasteiger partial charge in [0.25, 0.3) is 0 Å². The summed E-state index contributed by atoms with van der Waals surface area (Å²) in [6.07, 6.45) is 14.9. The van der Waals surface area contributed by atoms with E-state index in [1.165, 1.54) is 29.4 Å². The van der Waals surface area contributed by atoms with E-state index in [1.54, 1.807) is 0 Å². The number of allylic oxidation sites excluding steroid dienone is 4. The number of methoxy groups -OCH3 is 1. The molecule has 8 aliphatic carbocycles. The standard InChI is InChI=1S/C55H76O8/c1-8-21-55(60)23-20-43-40-13-10-35-27-37(56)12-14-39(35)50(40)41(31-53(43,55)5)34-11-17-47(33(3)26-34)63-25-24-62-38-19-22-52(4)36(28-38)29-46(57)51-44-16-15-42(32(2)9-18-49(59)61-7)54(44,6)48(58)30-45(51)52/h10-11,17,26,32,36,38,40-46,48,51,57-58,60H,9,12-16,18-20,22-25,27-31H2,1-7H3/t32-,36?,38+,40?,41-,42-,43?,44+,45+,46-,48+,51+,52+,53+,54-,55+/m1/s1. The molecule has 7 fully saturated rings. The summed E-state index contributed by atoms with van der Waals surface area (Å²) in [4.78, 5) is 24.5. The van der Waals surface area contributed by atoms with Gasteiger partial charge in [-0.25, -0.2) is 0 Å². The molecular weight excluding hydrogens is 789 g/mol. The number of carbonyl (C=O) groups is 2. The number of aliphatic hydroxyl groups excluding tert-OH is 2. The van der Waals surface area contributed by atoms with Crippen molar-refractivity contribution < 1.29 is 39.1 Å². The van der Waals surface area contributed by atoms with Crippen LogP contribution in [-0.2, 0) is 19.1 Å². The van der Waals surface area contributed by atoms with Gasteiger partial charge in [0.05, 0.1) is 32.0 Å². The molecule has 0 bridgehead atoms. The van der Waals surface area contributed by atoms with Crippen LogP contribution in [0.3, 0.4) is 0 Å². The van der Waals surface area contributed by atoms with Crippen molar-refractivity contribution in [3.05, 3.63) is 52.1 Å². The SMILES string of the molecule is CC#C[C@]1(O)CCC2C3CC=C4CC(=O)CCC4=C3[C@@H](c3ccc(OCCO[C@H]4CC[C@@]5(C)C(C4)C[C@@H](O)[C@H]4[C@@H]6CC[C@H]([C@H](C)CCC(=O)OC)[C@@]6(C)[C@@H](O)C[C@@H]45)c(C)c3)C[C@@]21C. The van der Waals surface area contributed by atoms with Crippen LogP contribution in [0.5, 0.6) is 5.75 Å². The van der Waals surface area contributed by atoms with Gasteiger partial charge in [-0.1, -0.05) is 57.4 Å². The molecule has 9 rings (SSSR count). The van der Waals surface area contributed by atoms with Gasteiger partial charge < -0.3 is 29.5 Å². The lowest BCUT2D eigenvalue weighted by molar-refractivity contribution is -0.209. The van der Waals surface area contributed by atoms with E-state index < -0.39 is 11.7 Å². The molecule has 0 saturated heterocycles. The van der Waals surface area contributed by atoms with Crippen LogP contribution in [0, 0.1) is 82.4 Å². The van der Waals surface area contributed by atoms with Crippen molar-refractivity contribution in [2.24, 2.45) is 63.6 Å². The van der Waals surface area contributed by atoms with Crippen molar-refractivity contribution in [3.63, 3.8) is 0 Å². The Balaban J connectivity index is 0.834. The maximum Gasteiger partial charge on any atom is 0.305 e. The number of ketones is 1. The zero-order valence-electron chi connectivity index (χ0n) is 39.3. The summed E-state index contributed by atoms with van der Waals surface area (Å²) in [5.74, 6) is 10.0. The second-order valence-corrected chi connectivity index (χ2v) is 22.6. The first-order valence-electron chi connectivity index (χ1n) is 24.9. The minimum absolute atomic E-state index is 0.0627. The largest absolute Gasteiger partial charge is 0.491 e. The lowest BCUT2D eigenvalue weighted by Crippen LogP contribution is -2.62.